The van der Waals surface area contributed by atoms with Gasteiger partial charge in [0.05, 0.1) is 11.9 Å². The molecule has 1 unspecified atom stereocenters. The van der Waals surface area contributed by atoms with Gasteiger partial charge in [-0.05, 0) is 61.9 Å². The number of hydrogen-bond acceptors (Lipinski definition) is 6. The Kier molecular flexibility index (Phi) is 4.13. The SMILES string of the molecule is O=c1[nH]c(CN2CCCC2c2ccc3c(c2)OCCO3)nc2sc3c(c12)CCC3. The number of hydrogen-bond donors (Lipinski definition) is 1. The highest BCUT2D eigenvalue weighted by molar-refractivity contribution is 7.18. The molecule has 0 spiro atoms. The molecule has 29 heavy (non-hydrogen) atoms. The van der Waals surface area contributed by atoms with Crippen molar-refractivity contribution in [3.8, 4) is 11.5 Å². The van der Waals surface area contributed by atoms with Gasteiger partial charge in [-0.15, -0.1) is 11.3 Å². The number of H-pyrrole nitrogens is 1. The quantitative estimate of drug-likeness (QED) is 0.716. The van der Waals surface area contributed by atoms with Crippen LogP contribution in [0.1, 0.15) is 47.1 Å². The van der Waals surface area contributed by atoms with Crippen LogP contribution in [0.5, 0.6) is 11.5 Å². The molecule has 150 valence electrons. The van der Waals surface area contributed by atoms with Gasteiger partial charge in [0.15, 0.2) is 11.5 Å². The minimum atomic E-state index is 0.0273. The van der Waals surface area contributed by atoms with Gasteiger partial charge in [-0.1, -0.05) is 6.07 Å². The largest absolute Gasteiger partial charge is 0.486 e. The number of thiophene rings is 1. The number of ether oxygens (including phenoxy) is 2. The van der Waals surface area contributed by atoms with E-state index in [1.165, 1.54) is 16.0 Å². The fourth-order valence-corrected chi connectivity index (χ4v) is 6.26. The second-order valence-corrected chi connectivity index (χ2v) is 9.17. The van der Waals surface area contributed by atoms with Crippen LogP contribution in [0.15, 0.2) is 23.0 Å². The van der Waals surface area contributed by atoms with Crippen LogP contribution >= 0.6 is 11.3 Å². The Labute approximate surface area is 172 Å². The molecule has 1 atom stereocenters. The van der Waals surface area contributed by atoms with Crippen LogP contribution in [0, 0.1) is 0 Å². The monoisotopic (exact) mass is 409 g/mol. The number of nitrogens with one attached hydrogen (secondary N) is 1. The summed E-state index contributed by atoms with van der Waals surface area (Å²) in [5.74, 6) is 2.43. The highest BCUT2D eigenvalue weighted by Gasteiger charge is 2.28. The third-order valence-corrected chi connectivity index (χ3v) is 7.48. The van der Waals surface area contributed by atoms with Crippen LogP contribution in [-0.2, 0) is 19.4 Å². The van der Waals surface area contributed by atoms with Gasteiger partial charge >= 0.3 is 0 Å². The molecule has 4 heterocycles. The van der Waals surface area contributed by atoms with E-state index in [0.717, 1.165) is 66.2 Å². The molecule has 1 aromatic carbocycles. The first-order chi connectivity index (χ1) is 14.3. The summed E-state index contributed by atoms with van der Waals surface area (Å²) in [5.41, 5.74) is 2.50. The molecule has 6 rings (SSSR count). The van der Waals surface area contributed by atoms with E-state index in [4.69, 9.17) is 14.5 Å². The van der Waals surface area contributed by atoms with Crippen LogP contribution in [0.3, 0.4) is 0 Å². The number of fused-ring (bicyclic) bond motifs is 4. The predicted molar refractivity (Wildman–Crippen MR) is 112 cm³/mol. The van der Waals surface area contributed by atoms with Gasteiger partial charge in [0.25, 0.3) is 5.56 Å². The lowest BCUT2D eigenvalue weighted by atomic mass is 10.0. The van der Waals surface area contributed by atoms with Crippen molar-refractivity contribution in [2.75, 3.05) is 19.8 Å². The standard InChI is InChI=1S/C22H23N3O3S/c26-21-20-14-3-1-5-18(14)29-22(20)24-19(23-21)12-25-8-2-4-15(25)13-6-7-16-17(11-13)28-10-9-27-16/h6-7,11,15H,1-5,8-10,12H2,(H,23,24,26). The normalized spacial score (nSPS) is 21.0. The summed E-state index contributed by atoms with van der Waals surface area (Å²) in [6.45, 7) is 2.87. The zero-order valence-corrected chi connectivity index (χ0v) is 17.0. The molecule has 2 aliphatic heterocycles. The average molecular weight is 410 g/mol. The van der Waals surface area contributed by atoms with Gasteiger partial charge in [-0.3, -0.25) is 9.69 Å². The maximum Gasteiger partial charge on any atom is 0.259 e. The number of aromatic nitrogens is 2. The zero-order valence-electron chi connectivity index (χ0n) is 16.2. The maximum absolute atomic E-state index is 12.8. The minimum Gasteiger partial charge on any atom is -0.486 e. The van der Waals surface area contributed by atoms with Gasteiger partial charge in [0.2, 0.25) is 0 Å². The van der Waals surface area contributed by atoms with E-state index >= 15 is 0 Å². The van der Waals surface area contributed by atoms with E-state index in [2.05, 4.69) is 22.0 Å². The second-order valence-electron chi connectivity index (χ2n) is 8.08. The molecule has 1 N–H and O–H groups in total. The lowest BCUT2D eigenvalue weighted by Gasteiger charge is -2.26. The summed E-state index contributed by atoms with van der Waals surface area (Å²) >= 11 is 1.71. The molecule has 1 aliphatic carbocycles. The maximum atomic E-state index is 12.8. The molecule has 6 nitrogen and oxygen atoms in total. The molecule has 1 fully saturated rings. The molecule has 1 saturated heterocycles. The summed E-state index contributed by atoms with van der Waals surface area (Å²) in [7, 11) is 0. The molecule has 7 heteroatoms. The van der Waals surface area contributed by atoms with Gasteiger partial charge < -0.3 is 14.5 Å². The molecular formula is C22H23N3O3S. The van der Waals surface area contributed by atoms with Crippen molar-refractivity contribution in [2.24, 2.45) is 0 Å². The Hall–Kier alpha value is -2.38. The molecular weight excluding hydrogens is 386 g/mol. The van der Waals surface area contributed by atoms with E-state index in [-0.39, 0.29) is 5.56 Å². The Morgan fingerprint density at radius 2 is 2.07 bits per heavy atom. The van der Waals surface area contributed by atoms with Gasteiger partial charge in [-0.25, -0.2) is 4.98 Å². The highest BCUT2D eigenvalue weighted by Crippen LogP contribution is 2.39. The fourth-order valence-electron chi connectivity index (χ4n) is 4.97. The number of aromatic amines is 1. The first-order valence-electron chi connectivity index (χ1n) is 10.4. The number of benzene rings is 1. The molecule has 3 aliphatic rings. The van der Waals surface area contributed by atoms with Crippen LogP contribution in [0.4, 0.5) is 0 Å². The first kappa shape index (κ1) is 17.5. The average Bonchev–Trinajstić information content (AvgIpc) is 3.43. The lowest BCUT2D eigenvalue weighted by Crippen LogP contribution is -2.26. The van der Waals surface area contributed by atoms with Crippen LogP contribution in [0.2, 0.25) is 0 Å². The molecule has 2 aromatic heterocycles. The molecule has 3 aromatic rings. The van der Waals surface area contributed by atoms with Crippen LogP contribution in [-0.4, -0.2) is 34.6 Å². The Morgan fingerprint density at radius 1 is 1.17 bits per heavy atom. The number of likely N-dealkylation sites (tertiary alicyclic amines) is 1. The van der Waals surface area contributed by atoms with Crippen molar-refractivity contribution < 1.29 is 9.47 Å². The first-order valence-corrected chi connectivity index (χ1v) is 11.2. The molecule has 0 amide bonds. The van der Waals surface area contributed by atoms with E-state index in [0.29, 0.717) is 25.8 Å². The lowest BCUT2D eigenvalue weighted by molar-refractivity contribution is 0.170. The number of aryl methyl sites for hydroxylation is 2. The number of nitrogens with zero attached hydrogens (tertiary/aromatic N) is 2. The van der Waals surface area contributed by atoms with Crippen molar-refractivity contribution in [1.82, 2.24) is 14.9 Å². The second kappa shape index (κ2) is 6.85. The summed E-state index contributed by atoms with van der Waals surface area (Å²) in [6.07, 6.45) is 5.49. The van der Waals surface area contributed by atoms with E-state index in [9.17, 15) is 4.79 Å². The smallest absolute Gasteiger partial charge is 0.259 e. The summed E-state index contributed by atoms with van der Waals surface area (Å²) < 4.78 is 11.4. The summed E-state index contributed by atoms with van der Waals surface area (Å²) in [6, 6.07) is 6.57. The Bertz CT molecular complexity index is 1150. The van der Waals surface area contributed by atoms with Crippen molar-refractivity contribution in [3.05, 3.63) is 50.4 Å². The van der Waals surface area contributed by atoms with Gasteiger partial charge in [-0.2, -0.15) is 0 Å². The van der Waals surface area contributed by atoms with Crippen LogP contribution < -0.4 is 15.0 Å². The predicted octanol–water partition coefficient (Wildman–Crippen LogP) is 3.58. The van der Waals surface area contributed by atoms with Crippen LogP contribution in [0.25, 0.3) is 10.2 Å². The van der Waals surface area contributed by atoms with E-state index < -0.39 is 0 Å². The zero-order chi connectivity index (χ0) is 19.4. The van der Waals surface area contributed by atoms with Crippen molar-refractivity contribution >= 4 is 21.6 Å². The topological polar surface area (TPSA) is 67.5 Å². The van der Waals surface area contributed by atoms with E-state index in [1.54, 1.807) is 11.3 Å². The van der Waals surface area contributed by atoms with Crippen molar-refractivity contribution in [2.45, 2.75) is 44.7 Å². The van der Waals surface area contributed by atoms with Crippen molar-refractivity contribution in [1.29, 1.82) is 0 Å². The minimum absolute atomic E-state index is 0.0273. The molecule has 0 saturated carbocycles. The molecule has 0 radical (unpaired) electrons. The van der Waals surface area contributed by atoms with E-state index in [1.807, 2.05) is 6.07 Å². The number of rotatable bonds is 3. The third-order valence-electron chi connectivity index (χ3n) is 6.29. The van der Waals surface area contributed by atoms with Gasteiger partial charge in [0.1, 0.15) is 23.9 Å². The Balaban J connectivity index is 1.29. The van der Waals surface area contributed by atoms with Crippen molar-refractivity contribution in [3.63, 3.8) is 0 Å². The third kappa shape index (κ3) is 2.95. The van der Waals surface area contributed by atoms with Gasteiger partial charge in [0, 0.05) is 10.9 Å². The molecule has 0 bridgehead atoms. The summed E-state index contributed by atoms with van der Waals surface area (Å²) in [4.78, 5) is 25.3. The fraction of sp³-hybridized carbons (Fsp3) is 0.455. The Morgan fingerprint density at radius 3 is 3.00 bits per heavy atom. The highest BCUT2D eigenvalue weighted by atomic mass is 32.1. The summed E-state index contributed by atoms with van der Waals surface area (Å²) in [5, 5.41) is 0.830.